The van der Waals surface area contributed by atoms with Gasteiger partial charge in [0.2, 0.25) is 5.91 Å². The molecular formula is C11H18N4O. The van der Waals surface area contributed by atoms with Crippen molar-refractivity contribution in [3.8, 4) is 0 Å². The van der Waals surface area contributed by atoms with Crippen LogP contribution < -0.4 is 16.0 Å². The Morgan fingerprint density at radius 3 is 2.56 bits per heavy atom. The molecule has 0 aliphatic rings. The molecule has 3 N–H and O–H groups in total. The number of pyridine rings is 1. The molecule has 0 fully saturated rings. The standard InChI is InChI=1S/C11H18N4O/c1-3-12-10-5-4-6-11(15-10)14-8-7-13-9(2)16/h4-6H,3,7-8H2,1-2H3,(H,13,16)(H2,12,14,15). The minimum atomic E-state index is -0.0174. The Bertz CT molecular complexity index is 341. The van der Waals surface area contributed by atoms with E-state index in [1.807, 2.05) is 25.1 Å². The van der Waals surface area contributed by atoms with E-state index in [1.54, 1.807) is 0 Å². The van der Waals surface area contributed by atoms with Crippen LogP contribution in [0.25, 0.3) is 0 Å². The zero-order valence-corrected chi connectivity index (χ0v) is 9.71. The Hall–Kier alpha value is -1.78. The van der Waals surface area contributed by atoms with E-state index in [2.05, 4.69) is 20.9 Å². The molecule has 1 aromatic heterocycles. The normalized spacial score (nSPS) is 9.62. The molecule has 1 rings (SSSR count). The quantitative estimate of drug-likeness (QED) is 0.630. The summed E-state index contributed by atoms with van der Waals surface area (Å²) in [6.07, 6.45) is 0. The van der Waals surface area contributed by atoms with Crippen molar-refractivity contribution in [1.82, 2.24) is 10.3 Å². The maximum atomic E-state index is 10.6. The first-order chi connectivity index (χ1) is 7.72. The van der Waals surface area contributed by atoms with Crippen molar-refractivity contribution in [2.75, 3.05) is 30.3 Å². The van der Waals surface area contributed by atoms with Crippen molar-refractivity contribution >= 4 is 17.5 Å². The fourth-order valence-electron chi connectivity index (χ4n) is 1.24. The zero-order valence-electron chi connectivity index (χ0n) is 9.71. The number of nitrogens with zero attached hydrogens (tertiary/aromatic N) is 1. The Morgan fingerprint density at radius 1 is 1.25 bits per heavy atom. The molecule has 1 aromatic rings. The first kappa shape index (κ1) is 12.3. The second-order valence-corrected chi connectivity index (χ2v) is 3.35. The van der Waals surface area contributed by atoms with Gasteiger partial charge in [-0.05, 0) is 19.1 Å². The summed E-state index contributed by atoms with van der Waals surface area (Å²) in [5, 5.41) is 8.98. The van der Waals surface area contributed by atoms with E-state index in [4.69, 9.17) is 0 Å². The zero-order chi connectivity index (χ0) is 11.8. The van der Waals surface area contributed by atoms with Gasteiger partial charge in [0.05, 0.1) is 0 Å². The van der Waals surface area contributed by atoms with Crippen LogP contribution in [-0.2, 0) is 4.79 Å². The smallest absolute Gasteiger partial charge is 0.216 e. The molecule has 5 nitrogen and oxygen atoms in total. The number of amides is 1. The first-order valence-corrected chi connectivity index (χ1v) is 5.41. The van der Waals surface area contributed by atoms with Crippen molar-refractivity contribution in [1.29, 1.82) is 0 Å². The SMILES string of the molecule is CCNc1cccc(NCCNC(C)=O)n1. The van der Waals surface area contributed by atoms with Crippen molar-refractivity contribution in [2.24, 2.45) is 0 Å². The second kappa shape index (κ2) is 6.66. The minimum absolute atomic E-state index is 0.0174. The summed E-state index contributed by atoms with van der Waals surface area (Å²) >= 11 is 0. The molecule has 0 bridgehead atoms. The van der Waals surface area contributed by atoms with Gasteiger partial charge in [-0.2, -0.15) is 0 Å². The molecule has 0 radical (unpaired) electrons. The van der Waals surface area contributed by atoms with Crippen molar-refractivity contribution in [3.63, 3.8) is 0 Å². The van der Waals surface area contributed by atoms with Crippen LogP contribution in [-0.4, -0.2) is 30.5 Å². The van der Waals surface area contributed by atoms with Gasteiger partial charge in [-0.3, -0.25) is 4.79 Å². The molecule has 5 heteroatoms. The van der Waals surface area contributed by atoms with Crippen molar-refractivity contribution < 1.29 is 4.79 Å². The number of hydrogen-bond donors (Lipinski definition) is 3. The van der Waals surface area contributed by atoms with Gasteiger partial charge in [0.25, 0.3) is 0 Å². The van der Waals surface area contributed by atoms with E-state index in [-0.39, 0.29) is 5.91 Å². The van der Waals surface area contributed by atoms with Crippen LogP contribution in [0, 0.1) is 0 Å². The molecule has 0 saturated heterocycles. The maximum Gasteiger partial charge on any atom is 0.216 e. The van der Waals surface area contributed by atoms with E-state index in [1.165, 1.54) is 6.92 Å². The lowest BCUT2D eigenvalue weighted by atomic mass is 10.4. The van der Waals surface area contributed by atoms with Crippen LogP contribution in [0.1, 0.15) is 13.8 Å². The third-order valence-corrected chi connectivity index (χ3v) is 1.91. The lowest BCUT2D eigenvalue weighted by Gasteiger charge is -2.08. The number of anilines is 2. The molecule has 1 heterocycles. The van der Waals surface area contributed by atoms with Crippen LogP contribution in [0.5, 0.6) is 0 Å². The molecule has 88 valence electrons. The molecule has 0 aliphatic carbocycles. The van der Waals surface area contributed by atoms with Gasteiger partial charge in [0, 0.05) is 26.6 Å². The number of rotatable bonds is 6. The Labute approximate surface area is 95.7 Å². The number of carbonyl (C=O) groups is 1. The second-order valence-electron chi connectivity index (χ2n) is 3.35. The Kier molecular flexibility index (Phi) is 5.11. The van der Waals surface area contributed by atoms with Gasteiger partial charge in [-0.15, -0.1) is 0 Å². The molecule has 0 spiro atoms. The van der Waals surface area contributed by atoms with Crippen LogP contribution in [0.2, 0.25) is 0 Å². The molecule has 0 atom stereocenters. The van der Waals surface area contributed by atoms with Crippen LogP contribution in [0.15, 0.2) is 18.2 Å². The Morgan fingerprint density at radius 2 is 1.94 bits per heavy atom. The summed E-state index contributed by atoms with van der Waals surface area (Å²) in [4.78, 5) is 15.0. The predicted octanol–water partition coefficient (Wildman–Crippen LogP) is 1.06. The topological polar surface area (TPSA) is 66.0 Å². The van der Waals surface area contributed by atoms with E-state index in [0.29, 0.717) is 13.1 Å². The number of hydrogen-bond acceptors (Lipinski definition) is 4. The van der Waals surface area contributed by atoms with Gasteiger partial charge in [-0.1, -0.05) is 6.07 Å². The summed E-state index contributed by atoms with van der Waals surface area (Å²) in [6.45, 7) is 5.65. The summed E-state index contributed by atoms with van der Waals surface area (Å²) < 4.78 is 0. The molecule has 0 saturated carbocycles. The van der Waals surface area contributed by atoms with Gasteiger partial charge >= 0.3 is 0 Å². The Balaban J connectivity index is 2.35. The van der Waals surface area contributed by atoms with Gasteiger partial charge < -0.3 is 16.0 Å². The summed E-state index contributed by atoms with van der Waals surface area (Å²) in [5.74, 6) is 1.65. The van der Waals surface area contributed by atoms with E-state index in [9.17, 15) is 4.79 Å². The van der Waals surface area contributed by atoms with Crippen LogP contribution in [0.4, 0.5) is 11.6 Å². The highest BCUT2D eigenvalue weighted by atomic mass is 16.1. The molecule has 0 aliphatic heterocycles. The van der Waals surface area contributed by atoms with Crippen molar-refractivity contribution in [2.45, 2.75) is 13.8 Å². The largest absolute Gasteiger partial charge is 0.370 e. The molecule has 0 aromatic carbocycles. The summed E-state index contributed by atoms with van der Waals surface area (Å²) in [5.41, 5.74) is 0. The van der Waals surface area contributed by atoms with Crippen LogP contribution in [0.3, 0.4) is 0 Å². The lowest BCUT2D eigenvalue weighted by Crippen LogP contribution is -2.26. The van der Waals surface area contributed by atoms with Crippen molar-refractivity contribution in [3.05, 3.63) is 18.2 Å². The average Bonchev–Trinajstić information content (AvgIpc) is 2.25. The van der Waals surface area contributed by atoms with E-state index in [0.717, 1.165) is 18.2 Å². The predicted molar refractivity (Wildman–Crippen MR) is 65.6 cm³/mol. The van der Waals surface area contributed by atoms with Gasteiger partial charge in [0.1, 0.15) is 11.6 Å². The number of carbonyl (C=O) groups excluding carboxylic acids is 1. The molecule has 0 unspecified atom stereocenters. The van der Waals surface area contributed by atoms with E-state index >= 15 is 0 Å². The highest BCUT2D eigenvalue weighted by Gasteiger charge is 1.96. The molecule has 1 amide bonds. The highest BCUT2D eigenvalue weighted by molar-refractivity contribution is 5.72. The van der Waals surface area contributed by atoms with Gasteiger partial charge in [-0.25, -0.2) is 4.98 Å². The molecule has 16 heavy (non-hydrogen) atoms. The summed E-state index contributed by atoms with van der Waals surface area (Å²) in [7, 11) is 0. The fraction of sp³-hybridized carbons (Fsp3) is 0.455. The van der Waals surface area contributed by atoms with Crippen LogP contribution >= 0.6 is 0 Å². The fourth-order valence-corrected chi connectivity index (χ4v) is 1.24. The van der Waals surface area contributed by atoms with E-state index < -0.39 is 0 Å². The first-order valence-electron chi connectivity index (χ1n) is 5.41. The molecular weight excluding hydrogens is 204 g/mol. The number of nitrogens with one attached hydrogen (secondary N) is 3. The third kappa shape index (κ3) is 4.63. The van der Waals surface area contributed by atoms with Gasteiger partial charge in [0.15, 0.2) is 0 Å². The summed E-state index contributed by atoms with van der Waals surface area (Å²) in [6, 6.07) is 5.75. The highest BCUT2D eigenvalue weighted by Crippen LogP contribution is 2.07. The average molecular weight is 222 g/mol. The lowest BCUT2D eigenvalue weighted by molar-refractivity contribution is -0.118. The third-order valence-electron chi connectivity index (χ3n) is 1.91. The minimum Gasteiger partial charge on any atom is -0.370 e. The number of aromatic nitrogens is 1. The maximum absolute atomic E-state index is 10.6. The monoisotopic (exact) mass is 222 g/mol.